The quantitative estimate of drug-likeness (QED) is 0.0672. The van der Waals surface area contributed by atoms with Gasteiger partial charge in [0.15, 0.2) is 17.4 Å². The van der Waals surface area contributed by atoms with Crippen LogP contribution in [0, 0.1) is 18.8 Å². The fourth-order valence-electron chi connectivity index (χ4n) is 11.0. The number of aliphatic hydroxyl groups is 1. The number of thiazole rings is 1. The lowest BCUT2D eigenvalue weighted by molar-refractivity contribution is -0.141. The van der Waals surface area contributed by atoms with Crippen molar-refractivity contribution in [2.24, 2.45) is 11.8 Å². The molecule has 5 N–H and O–H groups in total. The molecule has 3 saturated heterocycles. The van der Waals surface area contributed by atoms with Crippen LogP contribution in [0.2, 0.25) is 0 Å². The average molecular weight is 1060 g/mol. The lowest BCUT2D eigenvalue weighted by Gasteiger charge is -2.41. The van der Waals surface area contributed by atoms with Crippen LogP contribution >= 0.6 is 11.3 Å². The van der Waals surface area contributed by atoms with Crippen molar-refractivity contribution < 1.29 is 38.2 Å². The molecule has 17 nitrogen and oxygen atoms in total. The number of ether oxygens (including phenoxy) is 2. The summed E-state index contributed by atoms with van der Waals surface area (Å²) in [5.41, 5.74) is 12.2. The van der Waals surface area contributed by atoms with Crippen molar-refractivity contribution in [1.29, 1.82) is 0 Å². The number of β-amino-alcohol motifs (C(OH)–C–C–N with tert-alkyl or cyclic N) is 1. The smallest absolute Gasteiger partial charge is 0.243 e. The van der Waals surface area contributed by atoms with Gasteiger partial charge in [0, 0.05) is 82.4 Å². The Morgan fingerprint density at radius 2 is 1.70 bits per heavy atom. The van der Waals surface area contributed by atoms with Crippen LogP contribution in [-0.2, 0) is 14.3 Å². The number of nitrogens with zero attached hydrogens (tertiary/aromatic N) is 8. The number of phenolic OH excluding ortho intramolecular Hbond substituents is 1. The maximum atomic E-state index is 15.6. The molecule has 1 saturated carbocycles. The molecule has 6 aromatic rings. The van der Waals surface area contributed by atoms with Crippen molar-refractivity contribution in [2.75, 3.05) is 49.9 Å². The van der Waals surface area contributed by atoms with Gasteiger partial charge in [-0.3, -0.25) is 9.59 Å². The number of piperidine rings is 2. The molecule has 76 heavy (non-hydrogen) atoms. The fraction of sp³-hybridized carbons (Fsp3) is 0.456. The maximum Gasteiger partial charge on any atom is 0.243 e. The number of anilines is 2. The Morgan fingerprint density at radius 3 is 2.42 bits per heavy atom. The molecule has 4 atom stereocenters. The number of likely N-dealkylation sites (tertiary alicyclic amines) is 2. The van der Waals surface area contributed by atoms with E-state index in [4.69, 9.17) is 19.7 Å². The van der Waals surface area contributed by atoms with E-state index >= 15 is 4.39 Å². The summed E-state index contributed by atoms with van der Waals surface area (Å²) in [6.07, 6.45) is 8.10. The molecule has 19 heteroatoms. The van der Waals surface area contributed by atoms with Gasteiger partial charge in [-0.1, -0.05) is 55.4 Å². The second-order valence-corrected chi connectivity index (χ2v) is 22.0. The number of amides is 2. The van der Waals surface area contributed by atoms with Gasteiger partial charge in [-0.15, -0.1) is 21.5 Å². The summed E-state index contributed by atoms with van der Waals surface area (Å²) in [6.45, 7) is 12.6. The number of halogens is 1. The second kappa shape index (κ2) is 23.2. The number of carbonyl (C=O) groups excluding carboxylic acids is 2. The average Bonchev–Trinajstić information content (AvgIpc) is 4.18. The monoisotopic (exact) mass is 1050 g/mol. The van der Waals surface area contributed by atoms with Gasteiger partial charge in [0.1, 0.15) is 29.6 Å². The number of nitrogens with one attached hydrogen (secondary N) is 1. The first-order chi connectivity index (χ1) is 36.7. The fourth-order valence-corrected chi connectivity index (χ4v) is 11.8. The summed E-state index contributed by atoms with van der Waals surface area (Å²) in [6, 6.07) is 20.3. The van der Waals surface area contributed by atoms with Crippen LogP contribution in [0.3, 0.4) is 0 Å². The zero-order valence-corrected chi connectivity index (χ0v) is 44.2. The second-order valence-electron chi connectivity index (χ2n) is 21.2. The molecule has 0 bridgehead atoms. The zero-order valence-electron chi connectivity index (χ0n) is 43.4. The molecule has 2 aromatic carbocycles. The molecule has 4 aromatic heterocycles. The first-order valence-electron chi connectivity index (χ1n) is 26.5. The Labute approximate surface area is 446 Å². The molecule has 0 radical (unpaired) electrons. The molecule has 2 amide bonds. The van der Waals surface area contributed by atoms with Crippen molar-refractivity contribution in [3.8, 4) is 33.3 Å². The summed E-state index contributed by atoms with van der Waals surface area (Å²) in [5, 5.41) is 36.6. The van der Waals surface area contributed by atoms with Gasteiger partial charge in [-0.25, -0.2) is 14.4 Å². The van der Waals surface area contributed by atoms with E-state index in [-0.39, 0.29) is 72.2 Å². The number of nitrogen functional groups attached to an aromatic ring is 1. The van der Waals surface area contributed by atoms with E-state index in [1.165, 1.54) is 23.1 Å². The third-order valence-corrected chi connectivity index (χ3v) is 16.4. The first-order valence-corrected chi connectivity index (χ1v) is 27.4. The highest BCUT2D eigenvalue weighted by Gasteiger charge is 2.44. The molecule has 400 valence electrons. The molecular formula is C57H67FN10O7S. The highest BCUT2D eigenvalue weighted by atomic mass is 32.1. The number of aryl methyl sites for hydroxylation is 1. The van der Waals surface area contributed by atoms with E-state index in [1.54, 1.807) is 47.9 Å². The van der Waals surface area contributed by atoms with E-state index in [1.807, 2.05) is 63.5 Å². The number of rotatable bonds is 17. The largest absolute Gasteiger partial charge is 0.507 e. The van der Waals surface area contributed by atoms with Crippen LogP contribution in [0.1, 0.15) is 106 Å². The lowest BCUT2D eigenvalue weighted by Crippen LogP contribution is -2.48. The molecule has 3 aliphatic heterocycles. The van der Waals surface area contributed by atoms with Gasteiger partial charge in [0.25, 0.3) is 0 Å². The number of aliphatic hydroxyl groups excluding tert-OH is 1. The van der Waals surface area contributed by atoms with Gasteiger partial charge in [-0.2, -0.15) is 0 Å². The van der Waals surface area contributed by atoms with E-state index < -0.39 is 23.9 Å². The first kappa shape index (κ1) is 52.6. The Kier molecular flexibility index (Phi) is 16.1. The highest BCUT2D eigenvalue weighted by molar-refractivity contribution is 7.13. The van der Waals surface area contributed by atoms with Crippen LogP contribution in [-0.4, -0.2) is 127 Å². The molecule has 7 heterocycles. The Morgan fingerprint density at radius 1 is 0.934 bits per heavy atom. The number of phenols is 1. The van der Waals surface area contributed by atoms with Gasteiger partial charge in [-0.05, 0) is 98.4 Å². The topological polar surface area (TPSA) is 218 Å². The lowest BCUT2D eigenvalue weighted by atomic mass is 9.91. The number of pyridine rings is 1. The summed E-state index contributed by atoms with van der Waals surface area (Å²) >= 11 is 1.59. The van der Waals surface area contributed by atoms with Crippen LogP contribution in [0.4, 0.5) is 16.0 Å². The van der Waals surface area contributed by atoms with Gasteiger partial charge < -0.3 is 50.0 Å². The van der Waals surface area contributed by atoms with E-state index in [9.17, 15) is 19.8 Å². The predicted octanol–water partition coefficient (Wildman–Crippen LogP) is 8.60. The van der Waals surface area contributed by atoms with E-state index in [2.05, 4.69) is 40.4 Å². The van der Waals surface area contributed by atoms with Crippen LogP contribution in [0.25, 0.3) is 33.6 Å². The predicted molar refractivity (Wildman–Crippen MR) is 289 cm³/mol. The summed E-state index contributed by atoms with van der Waals surface area (Å²) < 4.78 is 34.2. The summed E-state index contributed by atoms with van der Waals surface area (Å²) in [7, 11) is 0. The van der Waals surface area contributed by atoms with Crippen molar-refractivity contribution in [2.45, 2.75) is 115 Å². The molecule has 4 aliphatic rings. The highest BCUT2D eigenvalue weighted by Crippen LogP contribution is 2.37. The number of aromatic nitrogens is 5. The standard InChI is InChI=1S/C57H67FN10O7S/c1-33(2)53(57(72)68-31-40(69)25-48(68)56(71)62-34(3)38-9-11-39(12-10-38)54-35(4)61-32-76-54)50-29-51(65-75-50)67-21-14-36(15-22-67)30-66-19-16-41(17-20-66)73-42-26-43(27-42)74-52-24-37(13-18-60-52)23-46(58)45-28-47(63-64-55(45)59)44-7-5-6-8-49(44)70/h5-13,18,23-24,28-29,32-34,36,40-43,48,53,69-70H,14-17,19-22,25-27,30-31H2,1-4H3,(H2,59,64)(H,62,71)/t34-,40+,42?,43?,48-,53?/m0/s1. The molecule has 1 unspecified atom stereocenters. The number of benzene rings is 2. The molecule has 4 fully saturated rings. The Balaban J connectivity index is 0.646. The van der Waals surface area contributed by atoms with Crippen molar-refractivity contribution in [3.05, 3.63) is 113 Å². The minimum atomic E-state index is -0.812. The SMILES string of the molecule is Cc1ncsc1-c1ccc([C@H](C)NC(=O)[C@@H]2C[C@@H](O)CN2C(=O)C(c2cc(N3CCC(CN4CCC(OC5CC(Oc6cc(C=C(F)c7cc(-c8ccccc8O)nnc7N)ccn6)C5)CC4)CC3)no2)C(C)C)cc1. The Hall–Kier alpha value is -6.80. The third-order valence-electron chi connectivity index (χ3n) is 15.4. The van der Waals surface area contributed by atoms with Gasteiger partial charge in [0.05, 0.1) is 51.7 Å². The third kappa shape index (κ3) is 12.1. The zero-order chi connectivity index (χ0) is 53.0. The van der Waals surface area contributed by atoms with Crippen LogP contribution < -0.4 is 20.7 Å². The number of hydrogen-bond donors (Lipinski definition) is 4. The number of carbonyl (C=O) groups is 2. The number of para-hydroxylation sites is 1. The van der Waals surface area contributed by atoms with E-state index in [0.29, 0.717) is 34.4 Å². The number of hydrogen-bond acceptors (Lipinski definition) is 16. The Bertz CT molecular complexity index is 3000. The van der Waals surface area contributed by atoms with Crippen LogP contribution in [0.15, 0.2) is 89.0 Å². The summed E-state index contributed by atoms with van der Waals surface area (Å²) in [4.78, 5) is 44.3. The molecule has 1 aliphatic carbocycles. The minimum Gasteiger partial charge on any atom is -0.507 e. The number of aromatic hydroxyl groups is 1. The van der Waals surface area contributed by atoms with Crippen LogP contribution in [0.5, 0.6) is 11.6 Å². The molecular weight excluding hydrogens is 988 g/mol. The van der Waals surface area contributed by atoms with Crippen molar-refractivity contribution >= 4 is 46.7 Å². The van der Waals surface area contributed by atoms with E-state index in [0.717, 1.165) is 98.8 Å². The maximum absolute atomic E-state index is 15.6. The normalized spacial score (nSPS) is 21.6. The summed E-state index contributed by atoms with van der Waals surface area (Å²) in [5.74, 6) is 0.131. The van der Waals surface area contributed by atoms with Gasteiger partial charge >= 0.3 is 0 Å². The van der Waals surface area contributed by atoms with Gasteiger partial charge in [0.2, 0.25) is 17.7 Å². The molecule has 10 rings (SSSR count). The molecule has 0 spiro atoms. The van der Waals surface area contributed by atoms with Crippen molar-refractivity contribution in [1.82, 2.24) is 40.4 Å². The van der Waals surface area contributed by atoms with Crippen molar-refractivity contribution in [3.63, 3.8) is 0 Å². The minimum absolute atomic E-state index is 0.00639. The number of nitrogens with two attached hydrogens (primary N) is 1.